The van der Waals surface area contributed by atoms with Crippen LogP contribution in [0.3, 0.4) is 0 Å². The van der Waals surface area contributed by atoms with Crippen LogP contribution in [-0.2, 0) is 0 Å². The van der Waals surface area contributed by atoms with E-state index < -0.39 is 0 Å². The van der Waals surface area contributed by atoms with E-state index in [1.165, 1.54) is 5.69 Å². The maximum absolute atomic E-state index is 13.3. The highest BCUT2D eigenvalue weighted by atomic mass is 35.5. The fourth-order valence-electron chi connectivity index (χ4n) is 7.08. The third kappa shape index (κ3) is 6.34. The van der Waals surface area contributed by atoms with E-state index in [0.717, 1.165) is 65.4 Å². The summed E-state index contributed by atoms with van der Waals surface area (Å²) in [5.74, 6) is 0.557. The number of halogens is 1. The van der Waals surface area contributed by atoms with Crippen molar-refractivity contribution in [2.24, 2.45) is 10.8 Å². The molecule has 41 heavy (non-hydrogen) atoms. The lowest BCUT2D eigenvalue weighted by Crippen LogP contribution is -2.74. The normalized spacial score (nSPS) is 24.2. The molecule has 2 heterocycles. The van der Waals surface area contributed by atoms with E-state index in [1.54, 1.807) is 18.2 Å². The molecular weight excluding hydrogens is 536 g/mol. The van der Waals surface area contributed by atoms with Crippen molar-refractivity contribution in [3.05, 3.63) is 58.6 Å². The Kier molecular flexibility index (Phi) is 8.81. The second-order valence-corrected chi connectivity index (χ2v) is 13.2. The average molecular weight is 579 g/mol. The quantitative estimate of drug-likeness (QED) is 0.492. The van der Waals surface area contributed by atoms with Gasteiger partial charge in [0.2, 0.25) is 0 Å². The maximum atomic E-state index is 13.3. The van der Waals surface area contributed by atoms with Crippen molar-refractivity contribution in [2.75, 3.05) is 70.3 Å². The Bertz CT molecular complexity index is 1240. The number of nitrogens with zero attached hydrogens (tertiary/aromatic N) is 4. The van der Waals surface area contributed by atoms with Crippen LogP contribution in [0.2, 0.25) is 5.02 Å². The molecule has 2 aliphatic heterocycles. The molecule has 0 aromatic heterocycles. The van der Waals surface area contributed by atoms with E-state index in [4.69, 9.17) is 21.6 Å². The van der Waals surface area contributed by atoms with Crippen molar-refractivity contribution in [3.8, 4) is 11.8 Å². The molecule has 0 unspecified atom stereocenters. The maximum Gasteiger partial charge on any atom is 0.251 e. The van der Waals surface area contributed by atoms with Gasteiger partial charge in [0.25, 0.3) is 5.91 Å². The van der Waals surface area contributed by atoms with E-state index in [1.807, 2.05) is 12.1 Å². The number of nitriles is 1. The Morgan fingerprint density at radius 1 is 0.976 bits per heavy atom. The molecule has 1 saturated carbocycles. The van der Waals surface area contributed by atoms with Gasteiger partial charge in [0.1, 0.15) is 17.9 Å². The standard InChI is InChI=1S/C32H43ClN6O2/c1-31(2)29(32(3,4)30(31)41-26-10-7-24(22-34)27(33)21-26)36-28(40)23-5-8-25(9-6-23)39-19-17-38(18-20-39)16-15-37-13-11-35-12-14-37/h5-10,21,29-30,35H,11-20H2,1-4H3,(H,36,40). The highest BCUT2D eigenvalue weighted by molar-refractivity contribution is 6.31. The zero-order valence-corrected chi connectivity index (χ0v) is 25.5. The first kappa shape index (κ1) is 29.7. The van der Waals surface area contributed by atoms with E-state index in [9.17, 15) is 4.79 Å². The molecule has 2 aromatic carbocycles. The van der Waals surface area contributed by atoms with Gasteiger partial charge in [-0.15, -0.1) is 0 Å². The molecule has 9 heteroatoms. The molecule has 0 radical (unpaired) electrons. The second kappa shape index (κ2) is 12.2. The van der Waals surface area contributed by atoms with Crippen LogP contribution in [-0.4, -0.2) is 93.3 Å². The van der Waals surface area contributed by atoms with Gasteiger partial charge >= 0.3 is 0 Å². The van der Waals surface area contributed by atoms with Crippen LogP contribution in [0, 0.1) is 22.2 Å². The van der Waals surface area contributed by atoms with Crippen molar-refractivity contribution in [3.63, 3.8) is 0 Å². The molecule has 1 amide bonds. The summed E-state index contributed by atoms with van der Waals surface area (Å²) in [6, 6.07) is 15.2. The summed E-state index contributed by atoms with van der Waals surface area (Å²) in [5.41, 5.74) is 1.65. The van der Waals surface area contributed by atoms with Gasteiger partial charge in [-0.3, -0.25) is 14.6 Å². The highest BCUT2D eigenvalue weighted by Crippen LogP contribution is 2.55. The van der Waals surface area contributed by atoms with Gasteiger partial charge in [0.15, 0.2) is 0 Å². The molecule has 220 valence electrons. The number of nitrogens with one attached hydrogen (secondary N) is 2. The van der Waals surface area contributed by atoms with Crippen LogP contribution in [0.1, 0.15) is 43.6 Å². The minimum Gasteiger partial charge on any atom is -0.489 e. The summed E-state index contributed by atoms with van der Waals surface area (Å²) in [4.78, 5) is 20.8. The molecular formula is C32H43ClN6O2. The zero-order valence-electron chi connectivity index (χ0n) is 24.8. The number of anilines is 1. The van der Waals surface area contributed by atoms with Crippen molar-refractivity contribution >= 4 is 23.2 Å². The van der Waals surface area contributed by atoms with Crippen LogP contribution >= 0.6 is 11.6 Å². The van der Waals surface area contributed by atoms with Crippen LogP contribution in [0.5, 0.6) is 5.75 Å². The monoisotopic (exact) mass is 578 g/mol. The molecule has 3 aliphatic rings. The number of piperazine rings is 2. The number of amides is 1. The van der Waals surface area contributed by atoms with Crippen molar-refractivity contribution < 1.29 is 9.53 Å². The third-order valence-corrected chi connectivity index (χ3v) is 9.55. The first-order valence-electron chi connectivity index (χ1n) is 14.8. The third-order valence-electron chi connectivity index (χ3n) is 9.24. The van der Waals surface area contributed by atoms with E-state index >= 15 is 0 Å². The minimum absolute atomic E-state index is 0.0692. The Morgan fingerprint density at radius 2 is 1.59 bits per heavy atom. The van der Waals surface area contributed by atoms with Crippen molar-refractivity contribution in [1.29, 1.82) is 5.26 Å². The van der Waals surface area contributed by atoms with Crippen LogP contribution < -0.4 is 20.3 Å². The summed E-state index contributed by atoms with van der Waals surface area (Å²) < 4.78 is 6.36. The number of hydrogen-bond donors (Lipinski definition) is 2. The van der Waals surface area contributed by atoms with Crippen molar-refractivity contribution in [2.45, 2.75) is 39.8 Å². The Labute approximate surface area is 249 Å². The molecule has 2 saturated heterocycles. The fourth-order valence-corrected chi connectivity index (χ4v) is 7.29. The summed E-state index contributed by atoms with van der Waals surface area (Å²) in [7, 11) is 0. The van der Waals surface area contributed by atoms with Gasteiger partial charge in [-0.05, 0) is 36.4 Å². The lowest BCUT2D eigenvalue weighted by atomic mass is 9.49. The van der Waals surface area contributed by atoms with Gasteiger partial charge in [-0.25, -0.2) is 0 Å². The summed E-state index contributed by atoms with van der Waals surface area (Å²) in [6.07, 6.45) is -0.137. The van der Waals surface area contributed by atoms with E-state index in [0.29, 0.717) is 21.9 Å². The molecule has 2 N–H and O–H groups in total. The Balaban J connectivity index is 1.13. The Hall–Kier alpha value is -2.83. The second-order valence-electron chi connectivity index (χ2n) is 12.8. The lowest BCUT2D eigenvalue weighted by molar-refractivity contribution is -0.164. The van der Waals surface area contributed by atoms with Gasteiger partial charge in [0.05, 0.1) is 10.6 Å². The van der Waals surface area contributed by atoms with Crippen molar-refractivity contribution in [1.82, 2.24) is 20.4 Å². The SMILES string of the molecule is CC1(C)C(NC(=O)c2ccc(N3CCN(CCN4CCNCC4)CC3)cc2)C(C)(C)C1Oc1ccc(C#N)c(Cl)c1. The highest BCUT2D eigenvalue weighted by Gasteiger charge is 2.64. The summed E-state index contributed by atoms with van der Waals surface area (Å²) >= 11 is 6.22. The number of hydrogen-bond acceptors (Lipinski definition) is 7. The molecule has 0 atom stereocenters. The van der Waals surface area contributed by atoms with Crippen LogP contribution in [0.25, 0.3) is 0 Å². The van der Waals surface area contributed by atoms with Gasteiger partial charge in [0, 0.05) is 99.6 Å². The predicted molar refractivity (Wildman–Crippen MR) is 164 cm³/mol. The fraction of sp³-hybridized carbons (Fsp3) is 0.562. The zero-order chi connectivity index (χ0) is 29.2. The number of carbonyl (C=O) groups excluding carboxylic acids is 1. The number of ether oxygens (including phenoxy) is 1. The van der Waals surface area contributed by atoms with Crippen LogP contribution in [0.4, 0.5) is 5.69 Å². The molecule has 5 rings (SSSR count). The van der Waals surface area contributed by atoms with Gasteiger partial charge in [-0.1, -0.05) is 39.3 Å². The van der Waals surface area contributed by atoms with Gasteiger partial charge < -0.3 is 20.3 Å². The first-order chi connectivity index (χ1) is 19.6. The van der Waals surface area contributed by atoms with Gasteiger partial charge in [-0.2, -0.15) is 5.26 Å². The molecule has 2 aromatic rings. The van der Waals surface area contributed by atoms with Crippen LogP contribution in [0.15, 0.2) is 42.5 Å². The van der Waals surface area contributed by atoms with E-state index in [-0.39, 0.29) is 28.9 Å². The summed E-state index contributed by atoms with van der Waals surface area (Å²) in [6.45, 7) is 19.4. The van der Waals surface area contributed by atoms with E-state index in [2.05, 4.69) is 71.2 Å². The Morgan fingerprint density at radius 3 is 2.17 bits per heavy atom. The molecule has 3 fully saturated rings. The number of rotatable bonds is 8. The smallest absolute Gasteiger partial charge is 0.251 e. The molecule has 1 aliphatic carbocycles. The number of carbonyl (C=O) groups is 1. The first-order valence-corrected chi connectivity index (χ1v) is 15.1. The molecule has 0 spiro atoms. The minimum atomic E-state index is -0.302. The molecule has 0 bridgehead atoms. The summed E-state index contributed by atoms with van der Waals surface area (Å²) in [5, 5.41) is 16.2. The lowest BCUT2D eigenvalue weighted by Gasteiger charge is -2.63. The molecule has 8 nitrogen and oxygen atoms in total. The average Bonchev–Trinajstić information content (AvgIpc) is 2.98. The number of benzene rings is 2. The predicted octanol–water partition coefficient (Wildman–Crippen LogP) is 3.85. The largest absolute Gasteiger partial charge is 0.489 e. The topological polar surface area (TPSA) is 83.9 Å².